The molecule has 0 aromatic heterocycles. The maximum atomic E-state index is 10.7. The normalized spacial score (nSPS) is 35.1. The summed E-state index contributed by atoms with van der Waals surface area (Å²) in [7, 11) is 0. The van der Waals surface area contributed by atoms with Crippen LogP contribution in [-0.4, -0.2) is 5.11 Å². The van der Waals surface area contributed by atoms with Gasteiger partial charge < -0.3 is 5.11 Å². The summed E-state index contributed by atoms with van der Waals surface area (Å²) in [5, 5.41) is 10.7. The molecule has 0 spiro atoms. The molecule has 1 heteroatoms. The molecule has 74 valence electrons. The van der Waals surface area contributed by atoms with Crippen molar-refractivity contribution in [2.75, 3.05) is 0 Å². The van der Waals surface area contributed by atoms with Crippen molar-refractivity contribution in [2.45, 2.75) is 37.7 Å². The number of rotatable bonds is 0. The molecule has 0 saturated heterocycles. The second kappa shape index (κ2) is 2.83. The van der Waals surface area contributed by atoms with Crippen LogP contribution in [-0.2, 0) is 12.0 Å². The summed E-state index contributed by atoms with van der Waals surface area (Å²) in [6.07, 6.45) is 5.73. The molecule has 14 heavy (non-hydrogen) atoms. The number of hydrogen-bond donors (Lipinski definition) is 1. The summed E-state index contributed by atoms with van der Waals surface area (Å²) in [4.78, 5) is 0. The van der Waals surface area contributed by atoms with E-state index in [1.807, 2.05) is 6.07 Å². The molecule has 1 aromatic carbocycles. The molecule has 1 fully saturated rings. The van der Waals surface area contributed by atoms with E-state index in [1.54, 1.807) is 0 Å². The molecule has 0 radical (unpaired) electrons. The molecule has 2 aliphatic carbocycles. The highest BCUT2D eigenvalue weighted by molar-refractivity contribution is 5.38. The van der Waals surface area contributed by atoms with Crippen LogP contribution < -0.4 is 0 Å². The van der Waals surface area contributed by atoms with Gasteiger partial charge in [-0.05, 0) is 36.3 Å². The van der Waals surface area contributed by atoms with E-state index in [0.29, 0.717) is 5.92 Å². The van der Waals surface area contributed by atoms with Crippen molar-refractivity contribution in [1.29, 1.82) is 0 Å². The first kappa shape index (κ1) is 8.49. The van der Waals surface area contributed by atoms with Gasteiger partial charge in [0.1, 0.15) is 0 Å². The minimum absolute atomic E-state index is 0.477. The topological polar surface area (TPSA) is 20.2 Å². The molecule has 1 saturated carbocycles. The standard InChI is InChI=1S/C13H16O/c14-13-8-4-3-6-11(13)9-10-5-1-2-7-12(10)13/h1-2,5,7,11,14H,3-4,6,8-9H2/t11-,13+/m0/s1. The van der Waals surface area contributed by atoms with Gasteiger partial charge in [0, 0.05) is 0 Å². The molecule has 2 aliphatic rings. The molecule has 1 nitrogen and oxygen atoms in total. The Hall–Kier alpha value is -0.820. The summed E-state index contributed by atoms with van der Waals surface area (Å²) in [6, 6.07) is 8.42. The van der Waals surface area contributed by atoms with Crippen LogP contribution in [0.3, 0.4) is 0 Å². The zero-order valence-electron chi connectivity index (χ0n) is 8.37. The van der Waals surface area contributed by atoms with E-state index >= 15 is 0 Å². The van der Waals surface area contributed by atoms with Gasteiger partial charge in [0.05, 0.1) is 5.60 Å². The molecule has 3 rings (SSSR count). The van der Waals surface area contributed by atoms with E-state index in [0.717, 1.165) is 12.8 Å². The fourth-order valence-electron chi connectivity index (χ4n) is 3.24. The van der Waals surface area contributed by atoms with Gasteiger partial charge >= 0.3 is 0 Å². The second-order valence-electron chi connectivity index (χ2n) is 4.73. The van der Waals surface area contributed by atoms with Crippen molar-refractivity contribution in [3.8, 4) is 0 Å². The number of fused-ring (bicyclic) bond motifs is 3. The van der Waals surface area contributed by atoms with Crippen molar-refractivity contribution in [2.24, 2.45) is 5.92 Å². The minimum Gasteiger partial charge on any atom is -0.385 e. The SMILES string of the molecule is O[C@]12CCCC[C@H]1Cc1ccccc12. The van der Waals surface area contributed by atoms with Gasteiger partial charge in [-0.15, -0.1) is 0 Å². The summed E-state index contributed by atoms with van der Waals surface area (Å²) in [5.41, 5.74) is 2.11. The van der Waals surface area contributed by atoms with E-state index in [4.69, 9.17) is 0 Å². The average Bonchev–Trinajstić information content (AvgIpc) is 2.51. The third kappa shape index (κ3) is 0.992. The van der Waals surface area contributed by atoms with Crippen LogP contribution in [0.15, 0.2) is 24.3 Å². The highest BCUT2D eigenvalue weighted by Crippen LogP contribution is 2.49. The second-order valence-corrected chi connectivity index (χ2v) is 4.73. The smallest absolute Gasteiger partial charge is 0.0930 e. The number of benzene rings is 1. The molecule has 0 bridgehead atoms. The lowest BCUT2D eigenvalue weighted by atomic mass is 9.76. The summed E-state index contributed by atoms with van der Waals surface area (Å²) >= 11 is 0. The largest absolute Gasteiger partial charge is 0.385 e. The molecule has 0 unspecified atom stereocenters. The van der Waals surface area contributed by atoms with Crippen molar-refractivity contribution in [1.82, 2.24) is 0 Å². The minimum atomic E-state index is -0.477. The van der Waals surface area contributed by atoms with Gasteiger partial charge in [-0.2, -0.15) is 0 Å². The molecule has 1 aromatic rings. The van der Waals surface area contributed by atoms with Crippen molar-refractivity contribution < 1.29 is 5.11 Å². The fraction of sp³-hybridized carbons (Fsp3) is 0.538. The Bertz CT molecular complexity index is 358. The molecule has 0 heterocycles. The van der Waals surface area contributed by atoms with Gasteiger partial charge in [-0.25, -0.2) is 0 Å². The first-order chi connectivity index (χ1) is 6.81. The Labute approximate surface area is 84.8 Å². The van der Waals surface area contributed by atoms with E-state index in [-0.39, 0.29) is 0 Å². The first-order valence-corrected chi connectivity index (χ1v) is 5.61. The monoisotopic (exact) mass is 188 g/mol. The van der Waals surface area contributed by atoms with Crippen molar-refractivity contribution >= 4 is 0 Å². The third-order valence-electron chi connectivity index (χ3n) is 3.99. The predicted octanol–water partition coefficient (Wildman–Crippen LogP) is 2.62. The number of aliphatic hydroxyl groups is 1. The van der Waals surface area contributed by atoms with Crippen LogP contribution in [0.5, 0.6) is 0 Å². The van der Waals surface area contributed by atoms with E-state index in [1.165, 1.54) is 30.4 Å². The molecular weight excluding hydrogens is 172 g/mol. The van der Waals surface area contributed by atoms with E-state index < -0.39 is 5.60 Å². The van der Waals surface area contributed by atoms with Crippen molar-refractivity contribution in [3.63, 3.8) is 0 Å². The van der Waals surface area contributed by atoms with Gasteiger partial charge in [-0.1, -0.05) is 37.1 Å². The maximum Gasteiger partial charge on any atom is 0.0930 e. The fourth-order valence-corrected chi connectivity index (χ4v) is 3.24. The van der Waals surface area contributed by atoms with Gasteiger partial charge in [0.2, 0.25) is 0 Å². The highest BCUT2D eigenvalue weighted by Gasteiger charge is 2.45. The van der Waals surface area contributed by atoms with Crippen LogP contribution in [0.1, 0.15) is 36.8 Å². The summed E-state index contributed by atoms with van der Waals surface area (Å²) < 4.78 is 0. The Morgan fingerprint density at radius 1 is 1.21 bits per heavy atom. The summed E-state index contributed by atoms with van der Waals surface area (Å²) in [6.45, 7) is 0. The van der Waals surface area contributed by atoms with Gasteiger partial charge in [0.15, 0.2) is 0 Å². The van der Waals surface area contributed by atoms with E-state index in [2.05, 4.69) is 18.2 Å². The highest BCUT2D eigenvalue weighted by atomic mass is 16.3. The molecular formula is C13H16O. The lowest BCUT2D eigenvalue weighted by molar-refractivity contribution is -0.0414. The Morgan fingerprint density at radius 3 is 3.00 bits per heavy atom. The lowest BCUT2D eigenvalue weighted by Crippen LogP contribution is -2.34. The average molecular weight is 188 g/mol. The van der Waals surface area contributed by atoms with Crippen LogP contribution in [0.2, 0.25) is 0 Å². The first-order valence-electron chi connectivity index (χ1n) is 5.61. The van der Waals surface area contributed by atoms with E-state index in [9.17, 15) is 5.11 Å². The molecule has 0 amide bonds. The van der Waals surface area contributed by atoms with Crippen LogP contribution in [0.25, 0.3) is 0 Å². The van der Waals surface area contributed by atoms with Crippen molar-refractivity contribution in [3.05, 3.63) is 35.4 Å². The van der Waals surface area contributed by atoms with Gasteiger partial charge in [-0.3, -0.25) is 0 Å². The maximum absolute atomic E-state index is 10.7. The quantitative estimate of drug-likeness (QED) is 0.663. The Kier molecular flexibility index (Phi) is 1.72. The summed E-state index contributed by atoms with van der Waals surface area (Å²) in [5.74, 6) is 0.494. The van der Waals surface area contributed by atoms with Gasteiger partial charge in [0.25, 0.3) is 0 Å². The zero-order chi connectivity index (χ0) is 9.60. The third-order valence-corrected chi connectivity index (χ3v) is 3.99. The van der Waals surface area contributed by atoms with Crippen LogP contribution >= 0.6 is 0 Å². The van der Waals surface area contributed by atoms with Crippen LogP contribution in [0, 0.1) is 5.92 Å². The number of hydrogen-bond acceptors (Lipinski definition) is 1. The zero-order valence-corrected chi connectivity index (χ0v) is 8.37. The Morgan fingerprint density at radius 2 is 2.07 bits per heavy atom. The Balaban J connectivity index is 2.10. The predicted molar refractivity (Wildman–Crippen MR) is 56.0 cm³/mol. The molecule has 1 N–H and O–H groups in total. The van der Waals surface area contributed by atoms with Crippen LogP contribution in [0.4, 0.5) is 0 Å². The lowest BCUT2D eigenvalue weighted by Gasteiger charge is -2.35. The molecule has 2 atom stereocenters. The molecule has 0 aliphatic heterocycles.